The van der Waals surface area contributed by atoms with Crippen molar-refractivity contribution >= 4 is 35.8 Å². The van der Waals surface area contributed by atoms with Crippen LogP contribution in [0, 0.1) is 46.3 Å². The molecule has 0 spiro atoms. The summed E-state index contributed by atoms with van der Waals surface area (Å²) < 4.78 is 154. The Bertz CT molecular complexity index is 2580. The fraction of sp³-hybridized carbons (Fsp3) is 0.923. The zero-order valence-electron chi connectivity index (χ0n) is 64.2. The van der Waals surface area contributed by atoms with Gasteiger partial charge in [-0.05, 0) is 116 Å². The molecule has 13 aliphatic rings. The zero-order chi connectivity index (χ0) is 76.0. The smallest absolute Gasteiger partial charge is 0.309 e. The van der Waals surface area contributed by atoms with E-state index >= 15 is 0 Å². The maximum Gasteiger partial charge on any atom is 0.309 e. The summed E-state index contributed by atoms with van der Waals surface area (Å²) in [6.45, 7) is 4.58. The highest BCUT2D eigenvalue weighted by atomic mass is 16.6. The van der Waals surface area contributed by atoms with Crippen LogP contribution in [0.15, 0.2) is 0 Å². The van der Waals surface area contributed by atoms with E-state index in [1.165, 1.54) is 0 Å². The van der Waals surface area contributed by atoms with Gasteiger partial charge in [-0.1, -0.05) is 0 Å². The van der Waals surface area contributed by atoms with Gasteiger partial charge in [-0.2, -0.15) is 0 Å². The van der Waals surface area contributed by atoms with Crippen LogP contribution >= 0.6 is 0 Å². The van der Waals surface area contributed by atoms with Gasteiger partial charge in [0, 0.05) is 0 Å². The second-order valence-corrected chi connectivity index (χ2v) is 31.5. The Labute approximate surface area is 645 Å². The van der Waals surface area contributed by atoms with Crippen molar-refractivity contribution in [1.29, 1.82) is 0 Å². The number of hydrogen-bond donors (Lipinski definition) is 0. The largest absolute Gasteiger partial charge is 0.463 e. The minimum Gasteiger partial charge on any atom is -0.463 e. The molecule has 32 nitrogen and oxygen atoms in total. The molecule has 0 amide bonds. The number of rotatable bonds is 61. The van der Waals surface area contributed by atoms with Crippen molar-refractivity contribution < 1.29 is 152 Å². The Kier molecular flexibility index (Phi) is 35.3. The van der Waals surface area contributed by atoms with Crippen molar-refractivity contribution in [3.8, 4) is 0 Å². The monoisotopic (exact) mass is 1570 g/mol. The predicted octanol–water partition coefficient (Wildman–Crippen LogP) is 3.86. The third-order valence-electron chi connectivity index (χ3n) is 22.7. The topological polar surface area (TPSA) is 359 Å². The van der Waals surface area contributed by atoms with Gasteiger partial charge in [0.1, 0.15) is 39.6 Å². The van der Waals surface area contributed by atoms with Crippen molar-refractivity contribution in [1.82, 2.24) is 0 Å². The Balaban J connectivity index is 0.666. The number of hydrogen-bond acceptors (Lipinski definition) is 32. The summed E-state index contributed by atoms with van der Waals surface area (Å²) in [5, 5.41) is 0. The van der Waals surface area contributed by atoms with Crippen molar-refractivity contribution in [3.63, 3.8) is 0 Å². The van der Waals surface area contributed by atoms with Crippen molar-refractivity contribution in [2.24, 2.45) is 46.3 Å². The van der Waals surface area contributed by atoms with Crippen LogP contribution in [0.2, 0.25) is 0 Å². The molecule has 13 rings (SSSR count). The lowest BCUT2D eigenvalue weighted by Crippen LogP contribution is -2.47. The molecule has 7 aliphatic heterocycles. The van der Waals surface area contributed by atoms with E-state index in [1.54, 1.807) is 0 Å². The third-order valence-corrected chi connectivity index (χ3v) is 22.7. The third kappa shape index (κ3) is 29.3. The molecule has 0 N–H and O–H groups in total. The molecule has 110 heavy (non-hydrogen) atoms. The Hall–Kier alpha value is -3.98. The van der Waals surface area contributed by atoms with E-state index in [0.29, 0.717) is 51.0 Å². The zero-order valence-corrected chi connectivity index (χ0v) is 64.2. The van der Waals surface area contributed by atoms with Crippen LogP contribution in [0.1, 0.15) is 116 Å². The van der Waals surface area contributed by atoms with Gasteiger partial charge in [0.25, 0.3) is 0 Å². The van der Waals surface area contributed by atoms with Crippen LogP contribution < -0.4 is 0 Å². The molecule has 18 atom stereocenters. The Morgan fingerprint density at radius 3 is 0.582 bits per heavy atom. The van der Waals surface area contributed by atoms with Crippen molar-refractivity contribution in [3.05, 3.63) is 0 Å². The molecule has 13 fully saturated rings. The van der Waals surface area contributed by atoms with Gasteiger partial charge in [-0.15, -0.1) is 0 Å². The fourth-order valence-corrected chi connectivity index (χ4v) is 16.0. The fourth-order valence-electron chi connectivity index (χ4n) is 16.0. The molecule has 626 valence electrons. The average Bonchev–Trinajstić information content (AvgIpc) is 1.63. The number of esters is 6. The maximum atomic E-state index is 12.9. The molecule has 2 bridgehead atoms. The van der Waals surface area contributed by atoms with Gasteiger partial charge in [0.2, 0.25) is 0 Å². The molecular formula is C78H122O32. The molecule has 18 unspecified atom stereocenters. The number of ether oxygens (including phenoxy) is 26. The van der Waals surface area contributed by atoms with Gasteiger partial charge in [-0.3, -0.25) is 28.8 Å². The van der Waals surface area contributed by atoms with Gasteiger partial charge in [0.15, 0.2) is 0 Å². The van der Waals surface area contributed by atoms with E-state index in [9.17, 15) is 28.8 Å². The normalized spacial score (nSPS) is 31.4. The standard InChI is InChI=1S/C78H122O32/c79-71(53-1-6-61-66(39-53)106-61)99-31-25-86-12-11-85-13-19-92-45-77(46-93-20-14-87-26-32-100-72(80)54-2-7-62-67(40-54)107-62,47-97-24-18-91-30-36-104-76(84)58-37-59-44-60(38-58)105-59)51-98-52-78(48-94-21-15-88-27-33-101-73(81)55-3-8-63-68(41-55)108-63,49-95-22-16-89-28-34-102-74(82)56-4-9-64-69(42-56)109-64)50-96-23-17-90-29-35-103-75(83)57-5-10-65-70(43-57)110-65/h53-70H,1-52H2. The van der Waals surface area contributed by atoms with Crippen LogP contribution in [0.4, 0.5) is 0 Å². The number of carbonyl (C=O) groups excluding carboxylic acids is 6. The lowest BCUT2D eigenvalue weighted by Gasteiger charge is -2.44. The molecule has 0 aromatic rings. The predicted molar refractivity (Wildman–Crippen MR) is 378 cm³/mol. The maximum absolute atomic E-state index is 12.9. The quantitative estimate of drug-likeness (QED) is 0.0361. The van der Waals surface area contributed by atoms with E-state index in [0.717, 1.165) is 70.6 Å². The Morgan fingerprint density at radius 2 is 0.373 bits per heavy atom. The van der Waals surface area contributed by atoms with E-state index in [2.05, 4.69) is 0 Å². The number of fused-ring (bicyclic) bond motifs is 7. The SMILES string of the molecule is O=C(OCCOCCOCC(COCCOCCOCCOC(=O)C1CCC2OC2C1)(COCCOCCOC(=O)C1CCC2OC2C1)COCC(COCCOCCOC(=O)C1CCC2OC2C1)(COCCOCCOC(=O)C1CCC2OC2C1)COCCOCCOC(=O)C1CCC2OC2C1)C1CC2CC(C1)O2. The van der Waals surface area contributed by atoms with Crippen molar-refractivity contribution in [2.75, 3.05) is 225 Å². The Morgan fingerprint density at radius 1 is 0.191 bits per heavy atom. The van der Waals surface area contributed by atoms with Crippen LogP contribution in [-0.2, 0) is 152 Å². The van der Waals surface area contributed by atoms with Crippen LogP contribution in [0.25, 0.3) is 0 Å². The summed E-state index contributed by atoms with van der Waals surface area (Å²) in [7, 11) is 0. The molecular weight excluding hydrogens is 1450 g/mol. The molecule has 7 saturated heterocycles. The second-order valence-electron chi connectivity index (χ2n) is 31.5. The average molecular weight is 1570 g/mol. The molecule has 0 radical (unpaired) electrons. The molecule has 0 aromatic heterocycles. The van der Waals surface area contributed by atoms with E-state index in [-0.39, 0.29) is 363 Å². The summed E-state index contributed by atoms with van der Waals surface area (Å²) in [6.07, 6.45) is 16.2. The molecule has 6 aliphatic carbocycles. The van der Waals surface area contributed by atoms with Crippen LogP contribution in [-0.4, -0.2) is 334 Å². The first-order valence-corrected chi connectivity index (χ1v) is 40.9. The first kappa shape index (κ1) is 85.4. The van der Waals surface area contributed by atoms with Crippen LogP contribution in [0.5, 0.6) is 0 Å². The van der Waals surface area contributed by atoms with Gasteiger partial charge in [0.05, 0.1) is 305 Å². The highest BCUT2D eigenvalue weighted by molar-refractivity contribution is 5.75. The van der Waals surface area contributed by atoms with Gasteiger partial charge < -0.3 is 123 Å². The first-order valence-electron chi connectivity index (χ1n) is 40.9. The minimum atomic E-state index is -1.01. The lowest BCUT2D eigenvalue weighted by atomic mass is 9.81. The van der Waals surface area contributed by atoms with Gasteiger partial charge >= 0.3 is 35.8 Å². The lowest BCUT2D eigenvalue weighted by molar-refractivity contribution is -0.189. The molecule has 6 saturated carbocycles. The number of epoxide rings is 5. The highest BCUT2D eigenvalue weighted by Crippen LogP contribution is 2.44. The van der Waals surface area contributed by atoms with E-state index in [1.807, 2.05) is 0 Å². The first-order chi connectivity index (χ1) is 53.9. The molecule has 0 aromatic carbocycles. The highest BCUT2D eigenvalue weighted by Gasteiger charge is 2.51. The summed E-state index contributed by atoms with van der Waals surface area (Å²) in [6, 6.07) is 0. The molecule has 7 heterocycles. The van der Waals surface area contributed by atoms with E-state index < -0.39 is 10.8 Å². The number of carbonyl (C=O) groups is 6. The summed E-state index contributed by atoms with van der Waals surface area (Å²) in [5.41, 5.74) is -2.02. The van der Waals surface area contributed by atoms with E-state index in [4.69, 9.17) is 123 Å². The summed E-state index contributed by atoms with van der Waals surface area (Å²) >= 11 is 0. The summed E-state index contributed by atoms with van der Waals surface area (Å²) in [4.78, 5) is 77.1. The van der Waals surface area contributed by atoms with Gasteiger partial charge in [-0.25, -0.2) is 0 Å². The minimum absolute atomic E-state index is 0.00131. The van der Waals surface area contributed by atoms with Crippen LogP contribution in [0.3, 0.4) is 0 Å². The van der Waals surface area contributed by atoms with Crippen molar-refractivity contribution in [2.45, 2.75) is 189 Å². The molecule has 32 heteroatoms. The second kappa shape index (κ2) is 45.5. The summed E-state index contributed by atoms with van der Waals surface area (Å²) in [5.74, 6) is -2.45.